The first-order chi connectivity index (χ1) is 15.7. The topological polar surface area (TPSA) is 83.5 Å². The minimum Gasteiger partial charge on any atom is -0.468 e. The van der Waals surface area contributed by atoms with Crippen LogP contribution in [0.1, 0.15) is 48.3 Å². The van der Waals surface area contributed by atoms with Crippen molar-refractivity contribution in [2.45, 2.75) is 45.3 Å². The molecule has 2 N–H and O–H groups in total. The molecule has 8 nitrogen and oxygen atoms in total. The summed E-state index contributed by atoms with van der Waals surface area (Å²) in [5, 5.41) is 15.4. The summed E-state index contributed by atoms with van der Waals surface area (Å²) < 4.78 is 7.78. The average Bonchev–Trinajstić information content (AvgIpc) is 3.47. The predicted molar refractivity (Wildman–Crippen MR) is 125 cm³/mol. The first kappa shape index (κ1) is 22.1. The van der Waals surface area contributed by atoms with Crippen molar-refractivity contribution in [1.29, 1.82) is 0 Å². The molecule has 3 heterocycles. The van der Waals surface area contributed by atoms with Gasteiger partial charge in [0.25, 0.3) is 0 Å². The van der Waals surface area contributed by atoms with Gasteiger partial charge in [-0.3, -0.25) is 4.90 Å². The van der Waals surface area contributed by atoms with E-state index in [1.807, 2.05) is 42.8 Å². The molecule has 0 amide bonds. The molecule has 1 aliphatic rings. The number of aryl methyl sites for hydroxylation is 1. The Morgan fingerprint density at radius 1 is 1.06 bits per heavy atom. The molecule has 0 aliphatic carbocycles. The first-order valence-corrected chi connectivity index (χ1v) is 11.4. The summed E-state index contributed by atoms with van der Waals surface area (Å²) in [6.07, 6.45) is 5.52. The lowest BCUT2D eigenvalue weighted by atomic mass is 10.1. The van der Waals surface area contributed by atoms with E-state index in [1.165, 1.54) is 24.8 Å². The number of benzene rings is 1. The predicted octanol–water partition coefficient (Wildman–Crippen LogP) is 3.18. The van der Waals surface area contributed by atoms with Crippen LogP contribution in [0.3, 0.4) is 0 Å². The third-order valence-electron chi connectivity index (χ3n) is 6.03. The minimum atomic E-state index is 0.172. The fourth-order valence-electron chi connectivity index (χ4n) is 4.01. The van der Waals surface area contributed by atoms with E-state index in [2.05, 4.69) is 43.9 Å². The van der Waals surface area contributed by atoms with Crippen molar-refractivity contribution in [1.82, 2.24) is 30.3 Å². The van der Waals surface area contributed by atoms with Crippen molar-refractivity contribution in [3.8, 4) is 0 Å². The van der Waals surface area contributed by atoms with Crippen LogP contribution in [-0.4, -0.2) is 45.3 Å². The van der Waals surface area contributed by atoms with Gasteiger partial charge in [-0.05, 0) is 50.6 Å². The molecule has 170 valence electrons. The van der Waals surface area contributed by atoms with Crippen molar-refractivity contribution in [2.24, 2.45) is 12.0 Å². The highest BCUT2D eigenvalue weighted by atomic mass is 16.3. The van der Waals surface area contributed by atoms with Gasteiger partial charge in [-0.1, -0.05) is 36.8 Å². The molecule has 1 fully saturated rings. The molecular formula is C24H33N7O. The fraction of sp³-hybridized carbons (Fsp3) is 0.458. The van der Waals surface area contributed by atoms with Crippen molar-refractivity contribution >= 4 is 5.96 Å². The minimum absolute atomic E-state index is 0.172. The Labute approximate surface area is 189 Å². The summed E-state index contributed by atoms with van der Waals surface area (Å²) >= 11 is 0. The lowest BCUT2D eigenvalue weighted by Gasteiger charge is -2.33. The highest BCUT2D eigenvalue weighted by Crippen LogP contribution is 2.24. The number of hydrogen-bond donors (Lipinski definition) is 2. The van der Waals surface area contributed by atoms with Gasteiger partial charge in [0.2, 0.25) is 0 Å². The lowest BCUT2D eigenvalue weighted by Crippen LogP contribution is -2.44. The smallest absolute Gasteiger partial charge is 0.192 e. The van der Waals surface area contributed by atoms with Gasteiger partial charge in [0, 0.05) is 13.6 Å². The highest BCUT2D eigenvalue weighted by molar-refractivity contribution is 5.79. The van der Waals surface area contributed by atoms with E-state index in [9.17, 15) is 0 Å². The summed E-state index contributed by atoms with van der Waals surface area (Å²) in [6.45, 7) is 6.00. The Balaban J connectivity index is 1.46. The molecular weight excluding hydrogens is 402 g/mol. The molecule has 0 spiro atoms. The second-order valence-corrected chi connectivity index (χ2v) is 8.24. The van der Waals surface area contributed by atoms with Gasteiger partial charge in [0.1, 0.15) is 11.6 Å². The molecule has 32 heavy (non-hydrogen) atoms. The van der Waals surface area contributed by atoms with Crippen LogP contribution in [0, 0.1) is 6.92 Å². The fourth-order valence-corrected chi connectivity index (χ4v) is 4.01. The molecule has 1 saturated heterocycles. The van der Waals surface area contributed by atoms with E-state index >= 15 is 0 Å². The summed E-state index contributed by atoms with van der Waals surface area (Å²) in [5.41, 5.74) is 1.17. The molecule has 0 bridgehead atoms. The molecule has 1 aliphatic heterocycles. The number of aromatic nitrogens is 3. The Kier molecular flexibility index (Phi) is 7.55. The maximum atomic E-state index is 5.79. The van der Waals surface area contributed by atoms with Crippen molar-refractivity contribution in [3.05, 3.63) is 71.7 Å². The zero-order valence-electron chi connectivity index (χ0n) is 19.0. The number of rotatable bonds is 8. The van der Waals surface area contributed by atoms with E-state index in [-0.39, 0.29) is 6.04 Å². The zero-order chi connectivity index (χ0) is 22.2. The first-order valence-electron chi connectivity index (χ1n) is 11.4. The number of furan rings is 1. The second-order valence-electron chi connectivity index (χ2n) is 8.24. The van der Waals surface area contributed by atoms with Gasteiger partial charge < -0.3 is 19.6 Å². The summed E-state index contributed by atoms with van der Waals surface area (Å²) in [4.78, 5) is 7.34. The third-order valence-corrected chi connectivity index (χ3v) is 6.03. The standard InChI is InChI=1S/C24H33N7O/c1-19-28-29-23(30(19)2)18-27-24(25-16-20-10-5-3-6-11-20)26-17-21(22-12-9-15-32-22)31-13-7-4-8-14-31/h3,5-6,9-12,15,21H,4,7-8,13-14,16-18H2,1-2H3,(H2,25,26,27). The van der Waals surface area contributed by atoms with E-state index in [1.54, 1.807) is 6.26 Å². The van der Waals surface area contributed by atoms with Crippen LogP contribution in [0.5, 0.6) is 0 Å². The number of piperidine rings is 1. The Morgan fingerprint density at radius 2 is 1.88 bits per heavy atom. The zero-order valence-corrected chi connectivity index (χ0v) is 19.0. The van der Waals surface area contributed by atoms with Gasteiger partial charge in [-0.25, -0.2) is 4.99 Å². The third kappa shape index (κ3) is 5.76. The molecule has 0 saturated carbocycles. The molecule has 1 unspecified atom stereocenters. The number of aliphatic imine (C=N–C) groups is 1. The Morgan fingerprint density at radius 3 is 2.56 bits per heavy atom. The maximum Gasteiger partial charge on any atom is 0.192 e. The van der Waals surface area contributed by atoms with Crippen molar-refractivity contribution in [3.63, 3.8) is 0 Å². The van der Waals surface area contributed by atoms with Crippen LogP contribution in [0.15, 0.2) is 58.1 Å². The molecule has 2 aromatic heterocycles. The number of nitrogens with one attached hydrogen (secondary N) is 2. The van der Waals surface area contributed by atoms with E-state index in [0.29, 0.717) is 19.6 Å². The summed E-state index contributed by atoms with van der Waals surface area (Å²) in [7, 11) is 1.98. The normalized spacial score (nSPS) is 16.1. The molecule has 3 aromatic rings. The molecule has 0 radical (unpaired) electrons. The Hall–Kier alpha value is -3.13. The van der Waals surface area contributed by atoms with Crippen LogP contribution in [-0.2, 0) is 20.1 Å². The lowest BCUT2D eigenvalue weighted by molar-refractivity contribution is 0.146. The van der Waals surface area contributed by atoms with Crippen molar-refractivity contribution in [2.75, 3.05) is 19.6 Å². The number of nitrogens with zero attached hydrogens (tertiary/aromatic N) is 5. The quantitative estimate of drug-likeness (QED) is 0.418. The monoisotopic (exact) mass is 435 g/mol. The maximum absolute atomic E-state index is 5.79. The largest absolute Gasteiger partial charge is 0.468 e. The second kappa shape index (κ2) is 10.9. The van der Waals surface area contributed by atoms with Crippen LogP contribution in [0.2, 0.25) is 0 Å². The van der Waals surface area contributed by atoms with Crippen LogP contribution in [0.4, 0.5) is 0 Å². The molecule has 8 heteroatoms. The van der Waals surface area contributed by atoms with E-state index in [4.69, 9.17) is 9.41 Å². The van der Waals surface area contributed by atoms with Gasteiger partial charge in [-0.2, -0.15) is 0 Å². The SMILES string of the molecule is Cc1nnc(CNC(=NCc2ccccc2)NCC(c2ccco2)N2CCCCC2)n1C. The number of guanidine groups is 1. The van der Waals surface area contributed by atoms with E-state index < -0.39 is 0 Å². The summed E-state index contributed by atoms with van der Waals surface area (Å²) in [5.74, 6) is 3.50. The Bertz CT molecular complexity index is 975. The van der Waals surface area contributed by atoms with Crippen LogP contribution in [0.25, 0.3) is 0 Å². The number of hydrogen-bond acceptors (Lipinski definition) is 5. The average molecular weight is 436 g/mol. The summed E-state index contributed by atoms with van der Waals surface area (Å²) in [6, 6.07) is 14.5. The molecule has 1 aromatic carbocycles. The van der Waals surface area contributed by atoms with Crippen molar-refractivity contribution < 1.29 is 4.42 Å². The highest BCUT2D eigenvalue weighted by Gasteiger charge is 2.24. The molecule has 1 atom stereocenters. The van der Waals surface area contributed by atoms with Gasteiger partial charge in [-0.15, -0.1) is 10.2 Å². The van der Waals surface area contributed by atoms with Gasteiger partial charge >= 0.3 is 0 Å². The number of likely N-dealkylation sites (tertiary alicyclic amines) is 1. The molecule has 4 rings (SSSR count). The van der Waals surface area contributed by atoms with Crippen LogP contribution < -0.4 is 10.6 Å². The van der Waals surface area contributed by atoms with E-state index in [0.717, 1.165) is 36.5 Å². The van der Waals surface area contributed by atoms with Gasteiger partial charge in [0.05, 0.1) is 25.4 Å². The van der Waals surface area contributed by atoms with Crippen LogP contribution >= 0.6 is 0 Å². The van der Waals surface area contributed by atoms with Gasteiger partial charge in [0.15, 0.2) is 11.8 Å².